The Morgan fingerprint density at radius 3 is 2.71 bits per heavy atom. The summed E-state index contributed by atoms with van der Waals surface area (Å²) < 4.78 is 0.712. The molecular formula is C10H8BrClO2. The summed E-state index contributed by atoms with van der Waals surface area (Å²) in [5.41, 5.74) is 0.326. The number of hydrogen-bond donors (Lipinski definition) is 1. The summed E-state index contributed by atoms with van der Waals surface area (Å²) in [5, 5.41) is 9.81. The van der Waals surface area contributed by atoms with Crippen molar-refractivity contribution in [2.75, 3.05) is 0 Å². The Morgan fingerprint density at radius 2 is 2.14 bits per heavy atom. The van der Waals surface area contributed by atoms with Gasteiger partial charge in [-0.05, 0) is 25.0 Å². The number of hydrogen-bond acceptors (Lipinski definition) is 2. The molecule has 0 spiro atoms. The predicted octanol–water partition coefficient (Wildman–Crippen LogP) is 3.40. The third-order valence-electron chi connectivity index (χ3n) is 2.24. The summed E-state index contributed by atoms with van der Waals surface area (Å²) in [6.45, 7) is 0. The molecule has 0 bridgehead atoms. The van der Waals surface area contributed by atoms with E-state index in [1.165, 1.54) is 0 Å². The molecule has 0 amide bonds. The SMILES string of the molecule is O=C(c1cc(Br)cc(Cl)c1O)C1CC1. The maximum atomic E-state index is 11.7. The van der Waals surface area contributed by atoms with Gasteiger partial charge in [0.25, 0.3) is 0 Å². The first-order valence-corrected chi connectivity index (χ1v) is 5.49. The first kappa shape index (κ1) is 9.99. The van der Waals surface area contributed by atoms with Crippen LogP contribution in [-0.2, 0) is 0 Å². The molecule has 2 nitrogen and oxygen atoms in total. The number of aromatic hydroxyl groups is 1. The first-order valence-electron chi connectivity index (χ1n) is 4.32. The number of ketones is 1. The lowest BCUT2D eigenvalue weighted by atomic mass is 10.1. The molecule has 14 heavy (non-hydrogen) atoms. The molecule has 74 valence electrons. The van der Waals surface area contributed by atoms with Crippen LogP contribution in [-0.4, -0.2) is 10.9 Å². The van der Waals surface area contributed by atoms with Crippen LogP contribution in [0.5, 0.6) is 5.75 Å². The van der Waals surface area contributed by atoms with E-state index in [9.17, 15) is 9.90 Å². The zero-order valence-corrected chi connectivity index (χ0v) is 9.60. The van der Waals surface area contributed by atoms with E-state index < -0.39 is 0 Å². The molecule has 2 rings (SSSR count). The molecule has 1 N–H and O–H groups in total. The second kappa shape index (κ2) is 3.55. The average Bonchev–Trinajstić information content (AvgIpc) is 2.93. The zero-order valence-electron chi connectivity index (χ0n) is 7.26. The van der Waals surface area contributed by atoms with Crippen LogP contribution in [0.25, 0.3) is 0 Å². The number of Topliss-reactive ketones (excluding diaryl/α,β-unsaturated/α-hetero) is 1. The van der Waals surface area contributed by atoms with Crippen LogP contribution in [0.4, 0.5) is 0 Å². The number of benzene rings is 1. The molecule has 0 unspecified atom stereocenters. The van der Waals surface area contributed by atoms with Gasteiger partial charge in [-0.2, -0.15) is 0 Å². The largest absolute Gasteiger partial charge is 0.506 e. The molecule has 1 aromatic rings. The molecule has 4 heteroatoms. The molecule has 0 aliphatic heterocycles. The highest BCUT2D eigenvalue weighted by Gasteiger charge is 2.32. The minimum absolute atomic E-state index is 0.00861. The highest BCUT2D eigenvalue weighted by atomic mass is 79.9. The molecule has 0 radical (unpaired) electrons. The second-order valence-electron chi connectivity index (χ2n) is 3.42. The summed E-state index contributed by atoms with van der Waals surface area (Å²) in [6.07, 6.45) is 1.84. The van der Waals surface area contributed by atoms with Gasteiger partial charge in [0.15, 0.2) is 5.78 Å². The third-order valence-corrected chi connectivity index (χ3v) is 2.99. The first-order chi connectivity index (χ1) is 6.59. The molecule has 0 saturated heterocycles. The number of phenols is 1. The Hall–Kier alpha value is -0.540. The Labute approximate surface area is 95.0 Å². The maximum absolute atomic E-state index is 11.7. The van der Waals surface area contributed by atoms with Crippen molar-refractivity contribution in [3.05, 3.63) is 27.2 Å². The standard InChI is InChI=1S/C10H8BrClO2/c11-6-3-7(9(13)5-1-2-5)10(14)8(12)4-6/h3-5,14H,1-2H2. The lowest BCUT2D eigenvalue weighted by molar-refractivity contribution is 0.0965. The van der Waals surface area contributed by atoms with Crippen LogP contribution in [0.15, 0.2) is 16.6 Å². The molecular weight excluding hydrogens is 267 g/mol. The van der Waals surface area contributed by atoms with Crippen LogP contribution in [0.1, 0.15) is 23.2 Å². The van der Waals surface area contributed by atoms with E-state index in [2.05, 4.69) is 15.9 Å². The minimum Gasteiger partial charge on any atom is -0.506 e. The van der Waals surface area contributed by atoms with Crippen LogP contribution >= 0.6 is 27.5 Å². The lowest BCUT2D eigenvalue weighted by Gasteiger charge is -2.05. The van der Waals surface area contributed by atoms with Crippen LogP contribution in [0.3, 0.4) is 0 Å². The highest BCUT2D eigenvalue weighted by molar-refractivity contribution is 9.10. The van der Waals surface area contributed by atoms with Crippen molar-refractivity contribution in [1.82, 2.24) is 0 Å². The molecule has 1 aliphatic rings. The van der Waals surface area contributed by atoms with Crippen molar-refractivity contribution < 1.29 is 9.90 Å². The fourth-order valence-corrected chi connectivity index (χ4v) is 2.13. The Morgan fingerprint density at radius 1 is 1.50 bits per heavy atom. The molecule has 0 atom stereocenters. The highest BCUT2D eigenvalue weighted by Crippen LogP contribution is 2.38. The van der Waals surface area contributed by atoms with Crippen molar-refractivity contribution in [2.45, 2.75) is 12.8 Å². The predicted molar refractivity (Wildman–Crippen MR) is 57.9 cm³/mol. The maximum Gasteiger partial charge on any atom is 0.169 e. The van der Waals surface area contributed by atoms with Gasteiger partial charge in [0.1, 0.15) is 5.75 Å². The van der Waals surface area contributed by atoms with Gasteiger partial charge >= 0.3 is 0 Å². The Balaban J connectivity index is 2.45. The summed E-state index contributed by atoms with van der Waals surface area (Å²) >= 11 is 8.99. The van der Waals surface area contributed by atoms with E-state index in [-0.39, 0.29) is 22.5 Å². The van der Waals surface area contributed by atoms with Crippen molar-refractivity contribution >= 4 is 33.3 Å². The van der Waals surface area contributed by atoms with Crippen molar-refractivity contribution in [2.24, 2.45) is 5.92 Å². The van der Waals surface area contributed by atoms with Gasteiger partial charge in [-0.1, -0.05) is 27.5 Å². The van der Waals surface area contributed by atoms with Gasteiger partial charge < -0.3 is 5.11 Å². The topological polar surface area (TPSA) is 37.3 Å². The summed E-state index contributed by atoms with van der Waals surface area (Å²) in [7, 11) is 0. The molecule has 1 fully saturated rings. The Bertz CT molecular complexity index is 399. The second-order valence-corrected chi connectivity index (χ2v) is 4.75. The van der Waals surface area contributed by atoms with Crippen molar-refractivity contribution in [3.8, 4) is 5.75 Å². The van der Waals surface area contributed by atoms with Gasteiger partial charge in [0, 0.05) is 10.4 Å². The van der Waals surface area contributed by atoms with Crippen LogP contribution in [0.2, 0.25) is 5.02 Å². The number of rotatable bonds is 2. The van der Waals surface area contributed by atoms with Gasteiger partial charge in [-0.25, -0.2) is 0 Å². The third kappa shape index (κ3) is 1.79. The van der Waals surface area contributed by atoms with Gasteiger partial charge in [-0.3, -0.25) is 4.79 Å². The average molecular weight is 276 g/mol. The van der Waals surface area contributed by atoms with Gasteiger partial charge in [0.2, 0.25) is 0 Å². The number of carbonyl (C=O) groups excluding carboxylic acids is 1. The molecule has 0 aromatic heterocycles. The summed E-state index contributed by atoms with van der Waals surface area (Å²) in [4.78, 5) is 11.7. The fourth-order valence-electron chi connectivity index (χ4n) is 1.32. The van der Waals surface area contributed by atoms with Gasteiger partial charge in [-0.15, -0.1) is 0 Å². The quantitative estimate of drug-likeness (QED) is 0.840. The Kier molecular flexibility index (Phi) is 2.54. The number of phenolic OH excluding ortho intramolecular Hbond substituents is 1. The molecule has 1 aliphatic carbocycles. The van der Waals surface area contributed by atoms with E-state index >= 15 is 0 Å². The number of halogens is 2. The molecule has 0 heterocycles. The van der Waals surface area contributed by atoms with Crippen molar-refractivity contribution in [1.29, 1.82) is 0 Å². The summed E-state index contributed by atoms with van der Waals surface area (Å²) in [6, 6.07) is 3.18. The van der Waals surface area contributed by atoms with E-state index in [1.807, 2.05) is 0 Å². The fraction of sp³-hybridized carbons (Fsp3) is 0.300. The lowest BCUT2D eigenvalue weighted by Crippen LogP contribution is -2.01. The van der Waals surface area contributed by atoms with E-state index in [1.54, 1.807) is 12.1 Å². The van der Waals surface area contributed by atoms with E-state index in [0.29, 0.717) is 10.0 Å². The van der Waals surface area contributed by atoms with E-state index in [0.717, 1.165) is 12.8 Å². The van der Waals surface area contributed by atoms with Crippen molar-refractivity contribution in [3.63, 3.8) is 0 Å². The molecule has 1 aromatic carbocycles. The van der Waals surface area contributed by atoms with E-state index in [4.69, 9.17) is 11.6 Å². The van der Waals surface area contributed by atoms with Crippen LogP contribution in [0, 0.1) is 5.92 Å². The normalized spacial score (nSPS) is 15.6. The zero-order chi connectivity index (χ0) is 10.3. The number of carbonyl (C=O) groups is 1. The molecule has 1 saturated carbocycles. The minimum atomic E-state index is -0.105. The smallest absolute Gasteiger partial charge is 0.169 e. The van der Waals surface area contributed by atoms with Crippen LogP contribution < -0.4 is 0 Å². The summed E-state index contributed by atoms with van der Waals surface area (Å²) in [5.74, 6) is -0.0243. The monoisotopic (exact) mass is 274 g/mol. The van der Waals surface area contributed by atoms with Gasteiger partial charge in [0.05, 0.1) is 10.6 Å².